The van der Waals surface area contributed by atoms with Gasteiger partial charge in [0.05, 0.1) is 6.04 Å². The standard InChI is InChI=1S/C24H31N3O2/c28-22-24(6-8-27(9-7-24)15-16-4-2-1-3-5-16)29-23(26-22)25-21-19-11-17-10-18(13-19)14-20(21)12-17/h1-5,17-21H,6-15H2,(H,25,26,28). The van der Waals surface area contributed by atoms with Crippen molar-refractivity contribution in [1.29, 1.82) is 0 Å². The van der Waals surface area contributed by atoms with Gasteiger partial charge >= 0.3 is 0 Å². The van der Waals surface area contributed by atoms with Crippen LogP contribution in [-0.2, 0) is 16.1 Å². The Labute approximate surface area is 172 Å². The van der Waals surface area contributed by atoms with Crippen molar-refractivity contribution in [3.63, 3.8) is 0 Å². The van der Waals surface area contributed by atoms with Crippen LogP contribution in [0.25, 0.3) is 0 Å². The fraction of sp³-hybridized carbons (Fsp3) is 0.667. The normalized spacial score (nSPS) is 39.1. The first kappa shape index (κ1) is 17.9. The third-order valence-electron chi connectivity index (χ3n) is 8.28. The largest absolute Gasteiger partial charge is 0.448 e. The van der Waals surface area contributed by atoms with Crippen molar-refractivity contribution in [2.45, 2.75) is 63.1 Å². The zero-order valence-electron chi connectivity index (χ0n) is 17.1. The number of hydrogen-bond acceptors (Lipinski definition) is 4. The lowest BCUT2D eigenvalue weighted by Crippen LogP contribution is -2.49. The van der Waals surface area contributed by atoms with Crippen molar-refractivity contribution < 1.29 is 9.53 Å². The molecule has 2 heterocycles. The lowest BCUT2D eigenvalue weighted by Gasteiger charge is -2.52. The van der Waals surface area contributed by atoms with E-state index in [0.717, 1.165) is 44.3 Å². The molecular weight excluding hydrogens is 362 g/mol. The van der Waals surface area contributed by atoms with Gasteiger partial charge in [-0.3, -0.25) is 15.0 Å². The van der Waals surface area contributed by atoms with E-state index >= 15 is 0 Å². The molecular formula is C24H31N3O2. The molecule has 5 nitrogen and oxygen atoms in total. The fourth-order valence-electron chi connectivity index (χ4n) is 7.01. The van der Waals surface area contributed by atoms with Gasteiger partial charge in [0.25, 0.3) is 11.9 Å². The SMILES string of the molecule is O=C1NC(=NC2C3CC4CC(C3)CC2C4)OC12CCN(Cc1ccccc1)CC2. The van der Waals surface area contributed by atoms with Gasteiger partial charge in [0.2, 0.25) is 0 Å². The van der Waals surface area contributed by atoms with E-state index in [0.29, 0.717) is 23.9 Å². The van der Waals surface area contributed by atoms with Crippen molar-refractivity contribution in [2.75, 3.05) is 13.1 Å². The van der Waals surface area contributed by atoms with Gasteiger partial charge in [-0.15, -0.1) is 0 Å². The Kier molecular flexibility index (Phi) is 4.22. The summed E-state index contributed by atoms with van der Waals surface area (Å²) in [7, 11) is 0. The summed E-state index contributed by atoms with van der Waals surface area (Å²) in [6, 6.07) is 11.4. The minimum absolute atomic E-state index is 0.0272. The van der Waals surface area contributed by atoms with Gasteiger partial charge < -0.3 is 4.74 Å². The molecule has 6 fully saturated rings. The number of hydrogen-bond donors (Lipinski definition) is 1. The highest BCUT2D eigenvalue weighted by Gasteiger charge is 2.52. The first-order chi connectivity index (χ1) is 14.2. The van der Waals surface area contributed by atoms with Gasteiger partial charge in [0.15, 0.2) is 5.60 Å². The van der Waals surface area contributed by atoms with E-state index in [2.05, 4.69) is 40.5 Å². The summed E-state index contributed by atoms with van der Waals surface area (Å²) in [5.74, 6) is 3.33. The molecule has 6 aliphatic rings. The number of amidine groups is 1. The van der Waals surface area contributed by atoms with Gasteiger partial charge in [-0.25, -0.2) is 4.99 Å². The first-order valence-electron chi connectivity index (χ1n) is 11.5. The Morgan fingerprint density at radius 2 is 1.66 bits per heavy atom. The number of carbonyl (C=O) groups is 1. The molecule has 1 amide bonds. The summed E-state index contributed by atoms with van der Waals surface area (Å²) < 4.78 is 6.27. The number of amides is 1. The van der Waals surface area contributed by atoms with Gasteiger partial charge in [-0.2, -0.15) is 0 Å². The number of ether oxygens (including phenoxy) is 1. The third-order valence-corrected chi connectivity index (χ3v) is 8.28. The fourth-order valence-corrected chi connectivity index (χ4v) is 7.01. The second-order valence-corrected chi connectivity index (χ2v) is 10.2. The number of nitrogens with one attached hydrogen (secondary N) is 1. The average molecular weight is 394 g/mol. The van der Waals surface area contributed by atoms with Crippen LogP contribution in [0.4, 0.5) is 0 Å². The molecule has 1 spiro atoms. The highest BCUT2D eigenvalue weighted by molar-refractivity contribution is 6.04. The second-order valence-electron chi connectivity index (χ2n) is 10.2. The molecule has 1 N–H and O–H groups in total. The average Bonchev–Trinajstić information content (AvgIpc) is 3.02. The molecule has 4 bridgehead atoms. The van der Waals surface area contributed by atoms with Gasteiger partial charge in [0, 0.05) is 32.5 Å². The summed E-state index contributed by atoms with van der Waals surface area (Å²) in [6.07, 6.45) is 8.28. The summed E-state index contributed by atoms with van der Waals surface area (Å²) in [5, 5.41) is 3.01. The van der Waals surface area contributed by atoms with E-state index in [9.17, 15) is 4.79 Å². The molecule has 0 atom stereocenters. The third kappa shape index (κ3) is 3.18. The molecule has 1 aromatic carbocycles. The lowest BCUT2D eigenvalue weighted by atomic mass is 9.54. The van der Waals surface area contributed by atoms with Crippen LogP contribution in [0.2, 0.25) is 0 Å². The van der Waals surface area contributed by atoms with Crippen LogP contribution in [0.15, 0.2) is 35.3 Å². The molecule has 5 heteroatoms. The van der Waals surface area contributed by atoms with E-state index in [1.165, 1.54) is 37.7 Å². The molecule has 0 unspecified atom stereocenters. The number of aliphatic imine (C=N–C) groups is 1. The zero-order chi connectivity index (χ0) is 19.4. The summed E-state index contributed by atoms with van der Waals surface area (Å²) >= 11 is 0. The van der Waals surface area contributed by atoms with Crippen molar-refractivity contribution in [1.82, 2.24) is 10.2 Å². The molecule has 29 heavy (non-hydrogen) atoms. The Bertz CT molecular complexity index is 785. The minimum atomic E-state index is -0.696. The number of carbonyl (C=O) groups excluding carboxylic acids is 1. The highest BCUT2D eigenvalue weighted by atomic mass is 16.5. The topological polar surface area (TPSA) is 53.9 Å². The number of rotatable bonds is 3. The van der Waals surface area contributed by atoms with E-state index in [1.54, 1.807) is 0 Å². The van der Waals surface area contributed by atoms with Crippen LogP contribution in [0.5, 0.6) is 0 Å². The molecule has 0 aromatic heterocycles. The van der Waals surface area contributed by atoms with Crippen molar-refractivity contribution in [3.05, 3.63) is 35.9 Å². The summed E-state index contributed by atoms with van der Waals surface area (Å²) in [5.41, 5.74) is 0.627. The lowest BCUT2D eigenvalue weighted by molar-refractivity contribution is -0.134. The quantitative estimate of drug-likeness (QED) is 0.857. The van der Waals surface area contributed by atoms with Gasteiger partial charge in [0.1, 0.15) is 0 Å². The van der Waals surface area contributed by atoms with Crippen LogP contribution in [-0.4, -0.2) is 41.6 Å². The van der Waals surface area contributed by atoms with Crippen molar-refractivity contribution in [3.8, 4) is 0 Å². The zero-order valence-corrected chi connectivity index (χ0v) is 17.1. The maximum atomic E-state index is 12.8. The van der Waals surface area contributed by atoms with E-state index in [1.807, 2.05) is 0 Å². The minimum Gasteiger partial charge on any atom is -0.448 e. The van der Waals surface area contributed by atoms with Crippen LogP contribution >= 0.6 is 0 Å². The molecule has 2 saturated heterocycles. The molecule has 154 valence electrons. The molecule has 2 aliphatic heterocycles. The van der Waals surface area contributed by atoms with Crippen molar-refractivity contribution in [2.24, 2.45) is 28.7 Å². The second kappa shape index (κ2) is 6.83. The maximum Gasteiger partial charge on any atom is 0.292 e. The van der Waals surface area contributed by atoms with Crippen molar-refractivity contribution >= 4 is 11.9 Å². The Morgan fingerprint density at radius 1 is 1.00 bits per heavy atom. The predicted molar refractivity (Wildman–Crippen MR) is 111 cm³/mol. The van der Waals surface area contributed by atoms with Gasteiger partial charge in [-0.1, -0.05) is 30.3 Å². The number of benzene rings is 1. The van der Waals surface area contributed by atoms with Crippen LogP contribution in [0.3, 0.4) is 0 Å². The summed E-state index contributed by atoms with van der Waals surface area (Å²) in [6.45, 7) is 2.70. The number of likely N-dealkylation sites (tertiary alicyclic amines) is 1. The maximum absolute atomic E-state index is 12.8. The van der Waals surface area contributed by atoms with Crippen LogP contribution in [0.1, 0.15) is 50.5 Å². The van der Waals surface area contributed by atoms with Crippen LogP contribution in [0, 0.1) is 23.7 Å². The Hall–Kier alpha value is -1.88. The van der Waals surface area contributed by atoms with Gasteiger partial charge in [-0.05, 0) is 61.3 Å². The Balaban J connectivity index is 1.12. The van der Waals surface area contributed by atoms with E-state index < -0.39 is 5.60 Å². The molecule has 4 aliphatic carbocycles. The number of nitrogens with zero attached hydrogens (tertiary/aromatic N) is 2. The molecule has 4 saturated carbocycles. The number of piperidine rings is 1. The van der Waals surface area contributed by atoms with E-state index in [-0.39, 0.29) is 5.91 Å². The first-order valence-corrected chi connectivity index (χ1v) is 11.5. The van der Waals surface area contributed by atoms with E-state index in [4.69, 9.17) is 9.73 Å². The Morgan fingerprint density at radius 3 is 2.31 bits per heavy atom. The monoisotopic (exact) mass is 393 g/mol. The smallest absolute Gasteiger partial charge is 0.292 e. The summed E-state index contributed by atoms with van der Waals surface area (Å²) in [4.78, 5) is 20.3. The molecule has 7 rings (SSSR count). The predicted octanol–water partition coefficient (Wildman–Crippen LogP) is 3.35. The molecule has 0 radical (unpaired) electrons. The van der Waals surface area contributed by atoms with Crippen LogP contribution < -0.4 is 5.32 Å². The molecule has 1 aromatic rings. The highest BCUT2D eigenvalue weighted by Crippen LogP contribution is 2.54.